The maximum absolute atomic E-state index is 12.5. The highest BCUT2D eigenvalue weighted by Gasteiger charge is 2.21. The minimum atomic E-state index is -0.271. The summed E-state index contributed by atoms with van der Waals surface area (Å²) in [5.74, 6) is 1.12. The number of amides is 1. The zero-order valence-electron chi connectivity index (χ0n) is 21.5. The predicted octanol–water partition coefficient (Wildman–Crippen LogP) is 4.88. The quantitative estimate of drug-likeness (QED) is 0.333. The Morgan fingerprint density at radius 1 is 1.11 bits per heavy atom. The van der Waals surface area contributed by atoms with E-state index >= 15 is 0 Å². The Morgan fingerprint density at radius 3 is 2.59 bits per heavy atom. The second kappa shape index (κ2) is 10.9. The Kier molecular flexibility index (Phi) is 7.30. The number of benzene rings is 2. The Bertz CT molecular complexity index is 1360. The summed E-state index contributed by atoms with van der Waals surface area (Å²) in [5, 5.41) is 11.4. The van der Waals surface area contributed by atoms with Gasteiger partial charge in [0.05, 0.1) is 22.5 Å². The molecular formula is C28H34N8O. The molecule has 1 amide bonds. The van der Waals surface area contributed by atoms with Gasteiger partial charge in [-0.15, -0.1) is 5.10 Å². The summed E-state index contributed by atoms with van der Waals surface area (Å²) in [6, 6.07) is 14.0. The molecule has 2 aromatic carbocycles. The van der Waals surface area contributed by atoms with Crippen molar-refractivity contribution in [2.75, 3.05) is 29.0 Å². The fraction of sp³-hybridized carbons (Fsp3) is 0.393. The minimum Gasteiger partial charge on any atom is -0.397 e. The van der Waals surface area contributed by atoms with Crippen molar-refractivity contribution in [3.63, 3.8) is 0 Å². The van der Waals surface area contributed by atoms with Crippen LogP contribution in [0.3, 0.4) is 0 Å². The summed E-state index contributed by atoms with van der Waals surface area (Å²) in [6.45, 7) is 6.11. The summed E-state index contributed by atoms with van der Waals surface area (Å²) >= 11 is 0. The lowest BCUT2D eigenvalue weighted by Crippen LogP contribution is -2.35. The Balaban J connectivity index is 1.08. The van der Waals surface area contributed by atoms with Gasteiger partial charge in [-0.2, -0.15) is 0 Å². The molecule has 0 bridgehead atoms. The average molecular weight is 499 g/mol. The van der Waals surface area contributed by atoms with Crippen molar-refractivity contribution in [1.29, 1.82) is 0 Å². The van der Waals surface area contributed by atoms with E-state index in [1.807, 2.05) is 16.8 Å². The number of nitrogens with zero attached hydrogens (tertiary/aromatic N) is 6. The molecule has 3 heterocycles. The third kappa shape index (κ3) is 5.71. The van der Waals surface area contributed by atoms with E-state index in [2.05, 4.69) is 62.5 Å². The highest BCUT2D eigenvalue weighted by molar-refractivity contribution is 6.05. The van der Waals surface area contributed by atoms with Crippen molar-refractivity contribution < 1.29 is 4.79 Å². The van der Waals surface area contributed by atoms with Gasteiger partial charge in [0, 0.05) is 31.5 Å². The van der Waals surface area contributed by atoms with Crippen LogP contribution in [0.2, 0.25) is 0 Å². The number of piperidine rings is 1. The van der Waals surface area contributed by atoms with Crippen LogP contribution in [0.15, 0.2) is 54.9 Å². The predicted molar refractivity (Wildman–Crippen MR) is 147 cm³/mol. The molecule has 2 aromatic heterocycles. The third-order valence-corrected chi connectivity index (χ3v) is 7.11. The first-order chi connectivity index (χ1) is 18.0. The second-order valence-corrected chi connectivity index (χ2v) is 10.1. The van der Waals surface area contributed by atoms with Gasteiger partial charge in [-0.1, -0.05) is 23.4 Å². The van der Waals surface area contributed by atoms with Gasteiger partial charge in [0.25, 0.3) is 5.91 Å². The average Bonchev–Trinajstić information content (AvgIpc) is 3.34. The van der Waals surface area contributed by atoms with E-state index in [9.17, 15) is 4.79 Å². The smallest absolute Gasteiger partial charge is 0.258 e. The number of nitrogens with one attached hydrogen (secondary N) is 1. The molecule has 9 heteroatoms. The van der Waals surface area contributed by atoms with E-state index in [-0.39, 0.29) is 5.91 Å². The lowest BCUT2D eigenvalue weighted by atomic mass is 9.91. The van der Waals surface area contributed by atoms with Crippen LogP contribution in [0.1, 0.15) is 61.5 Å². The van der Waals surface area contributed by atoms with Gasteiger partial charge in [-0.25, -0.2) is 14.6 Å². The third-order valence-electron chi connectivity index (χ3n) is 7.11. The maximum atomic E-state index is 12.5. The number of aromatic nitrogens is 5. The lowest BCUT2D eigenvalue weighted by molar-refractivity contribution is 0.102. The number of anilines is 3. The van der Waals surface area contributed by atoms with Gasteiger partial charge in [0.2, 0.25) is 5.95 Å². The molecular weight excluding hydrogens is 464 g/mol. The van der Waals surface area contributed by atoms with E-state index in [1.165, 1.54) is 18.4 Å². The van der Waals surface area contributed by atoms with Crippen LogP contribution in [-0.2, 0) is 6.42 Å². The number of para-hydroxylation sites is 2. The molecule has 1 fully saturated rings. The normalized spacial score (nSPS) is 14.4. The van der Waals surface area contributed by atoms with E-state index in [0.29, 0.717) is 34.8 Å². The standard InChI is InChI=1S/C28H34N8O/c1-19(2)36-26-11-10-21(16-25(26)33-34-36)7-5-6-20-12-14-35(15-13-20)28-30-17-22(18-31-28)27(37)32-24-9-4-3-8-23(24)29/h3-4,8-11,16-20H,5-7,12-15,29H2,1-2H3,(H,32,37). The van der Waals surface area contributed by atoms with Gasteiger partial charge in [0.1, 0.15) is 5.52 Å². The monoisotopic (exact) mass is 498 g/mol. The zero-order chi connectivity index (χ0) is 25.8. The largest absolute Gasteiger partial charge is 0.397 e. The first kappa shape index (κ1) is 24.7. The van der Waals surface area contributed by atoms with Gasteiger partial charge in [-0.3, -0.25) is 4.79 Å². The molecule has 0 saturated carbocycles. The number of fused-ring (bicyclic) bond motifs is 1. The number of aryl methyl sites for hydroxylation is 1. The van der Waals surface area contributed by atoms with Crippen molar-refractivity contribution >= 4 is 34.3 Å². The fourth-order valence-corrected chi connectivity index (χ4v) is 4.95. The van der Waals surface area contributed by atoms with Crippen LogP contribution in [0.4, 0.5) is 17.3 Å². The SMILES string of the molecule is CC(C)n1nnc2cc(CCCC3CCN(c4ncc(C(=O)Nc5ccccc5N)cn4)CC3)ccc21. The van der Waals surface area contributed by atoms with Gasteiger partial charge < -0.3 is 16.0 Å². The van der Waals surface area contributed by atoms with E-state index in [4.69, 9.17) is 5.73 Å². The highest BCUT2D eigenvalue weighted by atomic mass is 16.1. The molecule has 9 nitrogen and oxygen atoms in total. The van der Waals surface area contributed by atoms with Gasteiger partial charge in [0.15, 0.2) is 0 Å². The zero-order valence-corrected chi connectivity index (χ0v) is 21.5. The van der Waals surface area contributed by atoms with Crippen LogP contribution in [0, 0.1) is 5.92 Å². The number of carbonyl (C=O) groups excluding carboxylic acids is 1. The first-order valence-corrected chi connectivity index (χ1v) is 13.0. The summed E-state index contributed by atoms with van der Waals surface area (Å²) in [7, 11) is 0. The summed E-state index contributed by atoms with van der Waals surface area (Å²) in [5.41, 5.74) is 10.8. The Morgan fingerprint density at radius 2 is 1.86 bits per heavy atom. The number of carbonyl (C=O) groups is 1. The van der Waals surface area contributed by atoms with E-state index < -0.39 is 0 Å². The molecule has 0 unspecified atom stereocenters. The van der Waals surface area contributed by atoms with Crippen LogP contribution in [-0.4, -0.2) is 44.0 Å². The molecule has 0 aliphatic carbocycles. The molecule has 1 aliphatic rings. The molecule has 0 radical (unpaired) electrons. The molecule has 1 aliphatic heterocycles. The molecule has 192 valence electrons. The van der Waals surface area contributed by atoms with E-state index in [0.717, 1.165) is 43.4 Å². The van der Waals surface area contributed by atoms with Crippen molar-refractivity contribution in [3.8, 4) is 0 Å². The number of rotatable bonds is 8. The second-order valence-electron chi connectivity index (χ2n) is 10.1. The fourth-order valence-electron chi connectivity index (χ4n) is 4.95. The Hall–Kier alpha value is -4.01. The first-order valence-electron chi connectivity index (χ1n) is 13.0. The minimum absolute atomic E-state index is 0.271. The molecule has 0 atom stereocenters. The highest BCUT2D eigenvalue weighted by Crippen LogP contribution is 2.26. The van der Waals surface area contributed by atoms with Crippen LogP contribution in [0.5, 0.6) is 0 Å². The molecule has 37 heavy (non-hydrogen) atoms. The van der Waals surface area contributed by atoms with Gasteiger partial charge >= 0.3 is 0 Å². The van der Waals surface area contributed by atoms with Crippen molar-refractivity contribution in [1.82, 2.24) is 25.0 Å². The van der Waals surface area contributed by atoms with Crippen LogP contribution < -0.4 is 16.0 Å². The number of nitrogen functional groups attached to an aromatic ring is 1. The van der Waals surface area contributed by atoms with Crippen LogP contribution >= 0.6 is 0 Å². The number of hydrogen-bond donors (Lipinski definition) is 2. The summed E-state index contributed by atoms with van der Waals surface area (Å²) in [6.07, 6.45) is 8.86. The Labute approximate surface area is 217 Å². The summed E-state index contributed by atoms with van der Waals surface area (Å²) in [4.78, 5) is 23.7. The van der Waals surface area contributed by atoms with Crippen LogP contribution in [0.25, 0.3) is 11.0 Å². The molecule has 4 aromatic rings. The van der Waals surface area contributed by atoms with Gasteiger partial charge in [-0.05, 0) is 81.7 Å². The topological polar surface area (TPSA) is 115 Å². The number of nitrogens with two attached hydrogens (primary N) is 1. The van der Waals surface area contributed by atoms with Crippen molar-refractivity contribution in [3.05, 3.63) is 66.0 Å². The molecule has 1 saturated heterocycles. The molecule has 0 spiro atoms. The van der Waals surface area contributed by atoms with E-state index in [1.54, 1.807) is 24.5 Å². The lowest BCUT2D eigenvalue weighted by Gasteiger charge is -2.32. The molecule has 5 rings (SSSR count). The number of hydrogen-bond acceptors (Lipinski definition) is 7. The molecule has 3 N–H and O–H groups in total. The maximum Gasteiger partial charge on any atom is 0.258 e. The van der Waals surface area contributed by atoms with Crippen molar-refractivity contribution in [2.24, 2.45) is 5.92 Å². The summed E-state index contributed by atoms with van der Waals surface area (Å²) < 4.78 is 1.97. The van der Waals surface area contributed by atoms with Crippen molar-refractivity contribution in [2.45, 2.75) is 52.0 Å².